The number of carbonyl (C=O) groups is 1. The minimum Gasteiger partial charge on any atom is -0.465 e. The summed E-state index contributed by atoms with van der Waals surface area (Å²) >= 11 is 0. The molecule has 20 heavy (non-hydrogen) atoms. The Morgan fingerprint density at radius 3 is 2.90 bits per heavy atom. The molecule has 1 aromatic heterocycles. The lowest BCUT2D eigenvalue weighted by Crippen LogP contribution is -2.23. The van der Waals surface area contributed by atoms with E-state index in [0.29, 0.717) is 12.2 Å². The maximum absolute atomic E-state index is 11.7. The minimum absolute atomic E-state index is 0.113. The molecule has 1 aromatic rings. The fourth-order valence-electron chi connectivity index (χ4n) is 2.19. The number of hydrogen-bond acceptors (Lipinski definition) is 6. The first-order chi connectivity index (χ1) is 9.61. The zero-order valence-corrected chi connectivity index (χ0v) is 11.6. The van der Waals surface area contributed by atoms with Crippen molar-refractivity contribution < 1.29 is 23.4 Å². The van der Waals surface area contributed by atoms with E-state index in [4.69, 9.17) is 18.6 Å². The molecule has 1 atom stereocenters. The van der Waals surface area contributed by atoms with Gasteiger partial charge in [-0.15, -0.1) is 0 Å². The molecule has 0 N–H and O–H groups in total. The molecule has 0 amide bonds. The van der Waals surface area contributed by atoms with Crippen LogP contribution in [0.1, 0.15) is 40.9 Å². The number of aryl methyl sites for hydroxylation is 1. The maximum atomic E-state index is 11.7. The van der Waals surface area contributed by atoms with Crippen LogP contribution in [0.5, 0.6) is 0 Å². The molecule has 1 saturated heterocycles. The lowest BCUT2D eigenvalue weighted by molar-refractivity contribution is -0.169. The summed E-state index contributed by atoms with van der Waals surface area (Å²) in [6, 6.07) is 1.25. The predicted molar refractivity (Wildman–Crippen MR) is 69.4 cm³/mol. The van der Waals surface area contributed by atoms with E-state index < -0.39 is 11.6 Å². The van der Waals surface area contributed by atoms with Crippen molar-refractivity contribution in [2.75, 3.05) is 13.7 Å². The van der Waals surface area contributed by atoms with E-state index in [1.807, 2.05) is 0 Å². The molecule has 6 nitrogen and oxygen atoms in total. The van der Waals surface area contributed by atoms with Gasteiger partial charge >= 0.3 is 11.6 Å². The molecule has 1 aliphatic rings. The van der Waals surface area contributed by atoms with Gasteiger partial charge in [0.25, 0.3) is 0 Å². The van der Waals surface area contributed by atoms with Gasteiger partial charge < -0.3 is 18.6 Å². The van der Waals surface area contributed by atoms with Crippen molar-refractivity contribution in [1.29, 1.82) is 0 Å². The molecular formula is C14H18O6. The van der Waals surface area contributed by atoms with Crippen LogP contribution in [0.15, 0.2) is 15.3 Å². The third-order valence-electron chi connectivity index (χ3n) is 3.17. The van der Waals surface area contributed by atoms with E-state index in [1.54, 1.807) is 6.92 Å². The summed E-state index contributed by atoms with van der Waals surface area (Å²) in [7, 11) is 1.28. The van der Waals surface area contributed by atoms with Crippen LogP contribution >= 0.6 is 0 Å². The van der Waals surface area contributed by atoms with E-state index in [-0.39, 0.29) is 24.2 Å². The van der Waals surface area contributed by atoms with Crippen molar-refractivity contribution >= 4 is 5.97 Å². The monoisotopic (exact) mass is 282 g/mol. The summed E-state index contributed by atoms with van der Waals surface area (Å²) in [4.78, 5) is 23.2. The number of methoxy groups -OCH3 is 1. The molecule has 0 aliphatic carbocycles. The summed E-state index contributed by atoms with van der Waals surface area (Å²) < 4.78 is 20.7. The molecule has 6 heteroatoms. The van der Waals surface area contributed by atoms with Gasteiger partial charge in [-0.05, 0) is 26.2 Å². The van der Waals surface area contributed by atoms with E-state index in [9.17, 15) is 9.59 Å². The normalized spacial score (nSPS) is 18.8. The zero-order valence-electron chi connectivity index (χ0n) is 11.6. The molecule has 2 rings (SSSR count). The predicted octanol–water partition coefficient (Wildman–Crippen LogP) is 1.78. The van der Waals surface area contributed by atoms with Gasteiger partial charge in [-0.3, -0.25) is 0 Å². The van der Waals surface area contributed by atoms with Crippen LogP contribution in [0.25, 0.3) is 0 Å². The molecule has 0 spiro atoms. The van der Waals surface area contributed by atoms with Gasteiger partial charge in [0.15, 0.2) is 6.29 Å². The Hall–Kier alpha value is -1.66. The summed E-state index contributed by atoms with van der Waals surface area (Å²) in [6.45, 7) is 2.33. The molecule has 1 aliphatic heterocycles. The first-order valence-corrected chi connectivity index (χ1v) is 6.57. The van der Waals surface area contributed by atoms with Crippen LogP contribution in [0.2, 0.25) is 0 Å². The van der Waals surface area contributed by atoms with Crippen molar-refractivity contribution in [3.63, 3.8) is 0 Å². The first kappa shape index (κ1) is 14.7. The molecule has 0 saturated carbocycles. The number of hydrogen-bond donors (Lipinski definition) is 0. The lowest BCUT2D eigenvalue weighted by Gasteiger charge is -2.23. The fourth-order valence-corrected chi connectivity index (χ4v) is 2.19. The molecule has 1 unspecified atom stereocenters. The molecular weight excluding hydrogens is 264 g/mol. The lowest BCUT2D eigenvalue weighted by atomic mass is 10.1. The topological polar surface area (TPSA) is 75.0 Å². The van der Waals surface area contributed by atoms with Crippen LogP contribution in [-0.4, -0.2) is 26.0 Å². The highest BCUT2D eigenvalue weighted by Crippen LogP contribution is 2.18. The van der Waals surface area contributed by atoms with Crippen LogP contribution in [0.4, 0.5) is 0 Å². The number of ether oxygens (including phenoxy) is 3. The van der Waals surface area contributed by atoms with Gasteiger partial charge in [0.2, 0.25) is 0 Å². The summed E-state index contributed by atoms with van der Waals surface area (Å²) in [6.07, 6.45) is 2.60. The largest absolute Gasteiger partial charge is 0.465 e. The quantitative estimate of drug-likeness (QED) is 0.784. The van der Waals surface area contributed by atoms with Gasteiger partial charge in [0.05, 0.1) is 13.7 Å². The van der Waals surface area contributed by atoms with E-state index in [0.717, 1.165) is 19.3 Å². The van der Waals surface area contributed by atoms with Crippen LogP contribution in [-0.2, 0) is 20.8 Å². The minimum atomic E-state index is -0.547. The second-order valence-electron chi connectivity index (χ2n) is 4.62. The standard InChI is InChI=1S/C14H18O6/c1-9-13(14(16)17-2)10(7-11(15)20-9)8-19-12-5-3-4-6-18-12/h7,12H,3-6,8H2,1-2H3. The molecule has 110 valence electrons. The number of rotatable bonds is 4. The van der Waals surface area contributed by atoms with Gasteiger partial charge in [-0.25, -0.2) is 9.59 Å². The molecule has 0 bridgehead atoms. The Morgan fingerprint density at radius 2 is 2.25 bits per heavy atom. The Morgan fingerprint density at radius 1 is 1.45 bits per heavy atom. The highest BCUT2D eigenvalue weighted by molar-refractivity contribution is 5.91. The van der Waals surface area contributed by atoms with Crippen molar-refractivity contribution in [2.45, 2.75) is 39.1 Å². The Bertz CT molecular complexity index is 527. The van der Waals surface area contributed by atoms with E-state index in [2.05, 4.69) is 0 Å². The average Bonchev–Trinajstić information content (AvgIpc) is 2.45. The fraction of sp³-hybridized carbons (Fsp3) is 0.571. The van der Waals surface area contributed by atoms with Gasteiger partial charge in [0.1, 0.15) is 11.3 Å². The van der Waals surface area contributed by atoms with Crippen LogP contribution in [0.3, 0.4) is 0 Å². The second-order valence-corrected chi connectivity index (χ2v) is 4.62. The van der Waals surface area contributed by atoms with Crippen molar-refractivity contribution in [1.82, 2.24) is 0 Å². The Kier molecular flexibility index (Phi) is 4.92. The highest BCUT2D eigenvalue weighted by atomic mass is 16.7. The van der Waals surface area contributed by atoms with Crippen molar-refractivity contribution in [3.05, 3.63) is 33.4 Å². The molecule has 0 aromatic carbocycles. The summed E-state index contributed by atoms with van der Waals surface area (Å²) in [5.41, 5.74) is 0.181. The Labute approximate surface area is 116 Å². The molecule has 2 heterocycles. The van der Waals surface area contributed by atoms with Crippen LogP contribution < -0.4 is 5.63 Å². The number of carbonyl (C=O) groups excluding carboxylic acids is 1. The van der Waals surface area contributed by atoms with E-state index in [1.165, 1.54) is 13.2 Å². The van der Waals surface area contributed by atoms with Crippen molar-refractivity contribution in [2.24, 2.45) is 0 Å². The third-order valence-corrected chi connectivity index (χ3v) is 3.17. The first-order valence-electron chi connectivity index (χ1n) is 6.57. The summed E-state index contributed by atoms with van der Waals surface area (Å²) in [5.74, 6) is -0.318. The SMILES string of the molecule is COC(=O)c1c(COC2CCCCO2)cc(=O)oc1C. The molecule has 0 radical (unpaired) electrons. The van der Waals surface area contributed by atoms with Gasteiger partial charge in [0, 0.05) is 18.2 Å². The van der Waals surface area contributed by atoms with Crippen LogP contribution in [0, 0.1) is 6.92 Å². The maximum Gasteiger partial charge on any atom is 0.341 e. The Balaban J connectivity index is 2.16. The second kappa shape index (κ2) is 6.67. The van der Waals surface area contributed by atoms with E-state index >= 15 is 0 Å². The highest BCUT2D eigenvalue weighted by Gasteiger charge is 2.20. The molecule has 1 fully saturated rings. The van der Waals surface area contributed by atoms with Gasteiger partial charge in [-0.2, -0.15) is 0 Å². The smallest absolute Gasteiger partial charge is 0.341 e. The average molecular weight is 282 g/mol. The number of esters is 1. The third kappa shape index (κ3) is 3.46. The zero-order chi connectivity index (χ0) is 14.5. The van der Waals surface area contributed by atoms with Crippen molar-refractivity contribution in [3.8, 4) is 0 Å². The van der Waals surface area contributed by atoms with Gasteiger partial charge in [-0.1, -0.05) is 0 Å². The summed E-state index contributed by atoms with van der Waals surface area (Å²) in [5, 5.41) is 0.